The Bertz CT molecular complexity index is 340. The average molecular weight is 244 g/mol. The maximum Gasteiger partial charge on any atom is 0.253 e. The molecule has 12 heavy (non-hydrogen) atoms. The molecule has 0 spiro atoms. The molecular formula is C8H6BrNOS. The van der Waals surface area contributed by atoms with E-state index in [0.29, 0.717) is 5.88 Å². The Morgan fingerprint density at radius 3 is 3.17 bits per heavy atom. The molecule has 1 aliphatic rings. The Hall–Kier alpha value is -0.480. The molecule has 1 aromatic rings. The van der Waals surface area contributed by atoms with Crippen molar-refractivity contribution in [3.8, 4) is 0 Å². The summed E-state index contributed by atoms with van der Waals surface area (Å²) in [5.41, 5.74) is 0.764. The van der Waals surface area contributed by atoms with Crippen LogP contribution >= 0.6 is 27.7 Å². The maximum atomic E-state index is 11.3. The van der Waals surface area contributed by atoms with Crippen LogP contribution in [0, 0.1) is 0 Å². The molecule has 62 valence electrons. The predicted octanol–water partition coefficient (Wildman–Crippen LogP) is 2.24. The molecule has 0 aromatic heterocycles. The summed E-state index contributed by atoms with van der Waals surface area (Å²) in [5.74, 6) is 0.693. The van der Waals surface area contributed by atoms with Gasteiger partial charge in [-0.05, 0) is 18.2 Å². The highest BCUT2D eigenvalue weighted by molar-refractivity contribution is 9.10. The quantitative estimate of drug-likeness (QED) is 0.758. The molecule has 0 atom stereocenters. The Labute approximate surface area is 82.9 Å². The lowest BCUT2D eigenvalue weighted by molar-refractivity contribution is 0.0955. The van der Waals surface area contributed by atoms with Gasteiger partial charge < -0.3 is 5.32 Å². The molecule has 1 N–H and O–H groups in total. The number of halogens is 1. The molecule has 1 heterocycles. The smallest absolute Gasteiger partial charge is 0.253 e. The first-order valence-corrected chi connectivity index (χ1v) is 5.26. The third-order valence-corrected chi connectivity index (χ3v) is 3.10. The zero-order chi connectivity index (χ0) is 8.55. The zero-order valence-electron chi connectivity index (χ0n) is 6.13. The molecule has 0 aliphatic carbocycles. The lowest BCUT2D eigenvalue weighted by Crippen LogP contribution is -2.27. The van der Waals surface area contributed by atoms with E-state index in [1.165, 1.54) is 0 Å². The molecule has 4 heteroatoms. The Kier molecular flexibility index (Phi) is 2.11. The average Bonchev–Trinajstić information content (AvgIpc) is 2.07. The minimum Gasteiger partial charge on any atom is -0.343 e. The summed E-state index contributed by atoms with van der Waals surface area (Å²) >= 11 is 4.98. The second-order valence-corrected chi connectivity index (χ2v) is 4.37. The zero-order valence-corrected chi connectivity index (χ0v) is 8.54. The van der Waals surface area contributed by atoms with Crippen LogP contribution in [0.15, 0.2) is 27.6 Å². The number of rotatable bonds is 0. The van der Waals surface area contributed by atoms with Gasteiger partial charge in [0.15, 0.2) is 0 Å². The van der Waals surface area contributed by atoms with Crippen LogP contribution < -0.4 is 5.32 Å². The first-order chi connectivity index (χ1) is 5.77. The third-order valence-electron chi connectivity index (χ3n) is 1.65. The molecule has 0 bridgehead atoms. The Balaban J connectivity index is 2.54. The summed E-state index contributed by atoms with van der Waals surface area (Å²) in [6.07, 6.45) is 0. The molecule has 1 aliphatic heterocycles. The van der Waals surface area contributed by atoms with Gasteiger partial charge in [0.25, 0.3) is 5.91 Å². The summed E-state index contributed by atoms with van der Waals surface area (Å²) < 4.78 is 0.943. The molecule has 1 amide bonds. The minimum absolute atomic E-state index is 0.0186. The van der Waals surface area contributed by atoms with Crippen LogP contribution in [0.3, 0.4) is 0 Å². The van der Waals surface area contributed by atoms with Crippen molar-refractivity contribution in [1.82, 2.24) is 5.32 Å². The van der Waals surface area contributed by atoms with Crippen molar-refractivity contribution in [2.45, 2.75) is 4.90 Å². The second-order valence-electron chi connectivity index (χ2n) is 2.44. The molecule has 0 fully saturated rings. The summed E-state index contributed by atoms with van der Waals surface area (Å²) in [7, 11) is 0. The highest BCUT2D eigenvalue weighted by Crippen LogP contribution is 2.27. The van der Waals surface area contributed by atoms with Crippen molar-refractivity contribution < 1.29 is 4.79 Å². The van der Waals surface area contributed by atoms with Crippen molar-refractivity contribution in [2.75, 3.05) is 5.88 Å². The number of hydrogen-bond donors (Lipinski definition) is 1. The molecule has 2 nitrogen and oxygen atoms in total. The van der Waals surface area contributed by atoms with Gasteiger partial charge in [-0.25, -0.2) is 0 Å². The standard InChI is InChI=1S/C8H6BrNOS/c9-5-1-2-7-6(3-5)8(11)10-4-12-7/h1-3H,4H2,(H,10,11). The molecule has 1 aromatic carbocycles. The lowest BCUT2D eigenvalue weighted by Gasteiger charge is -2.15. The normalized spacial score (nSPS) is 15.2. The molecule has 0 unspecified atom stereocenters. The van der Waals surface area contributed by atoms with Gasteiger partial charge in [-0.3, -0.25) is 4.79 Å². The minimum atomic E-state index is 0.0186. The number of carbonyl (C=O) groups is 1. The summed E-state index contributed by atoms with van der Waals surface area (Å²) in [6, 6.07) is 5.75. The lowest BCUT2D eigenvalue weighted by atomic mass is 10.2. The first-order valence-electron chi connectivity index (χ1n) is 3.48. The summed E-state index contributed by atoms with van der Waals surface area (Å²) in [5, 5.41) is 2.77. The highest BCUT2D eigenvalue weighted by Gasteiger charge is 2.16. The molecular weight excluding hydrogens is 238 g/mol. The van der Waals surface area contributed by atoms with Gasteiger partial charge in [-0.15, -0.1) is 11.8 Å². The fourth-order valence-electron chi connectivity index (χ4n) is 1.08. The molecule has 2 rings (SSSR count). The third kappa shape index (κ3) is 1.36. The molecule has 0 saturated carbocycles. The van der Waals surface area contributed by atoms with Crippen molar-refractivity contribution in [1.29, 1.82) is 0 Å². The Morgan fingerprint density at radius 1 is 1.50 bits per heavy atom. The number of nitrogens with one attached hydrogen (secondary N) is 1. The van der Waals surface area contributed by atoms with Crippen LogP contribution in [0.1, 0.15) is 10.4 Å². The van der Waals surface area contributed by atoms with E-state index >= 15 is 0 Å². The summed E-state index contributed by atoms with van der Waals surface area (Å²) in [6.45, 7) is 0. The molecule has 0 saturated heterocycles. The van der Waals surface area contributed by atoms with E-state index in [4.69, 9.17) is 0 Å². The van der Waals surface area contributed by atoms with Crippen LogP contribution in [0.4, 0.5) is 0 Å². The van der Waals surface area contributed by atoms with E-state index in [1.807, 2.05) is 18.2 Å². The van der Waals surface area contributed by atoms with Crippen molar-refractivity contribution >= 4 is 33.6 Å². The van der Waals surface area contributed by atoms with Crippen molar-refractivity contribution in [3.63, 3.8) is 0 Å². The van der Waals surface area contributed by atoms with E-state index in [9.17, 15) is 4.79 Å². The van der Waals surface area contributed by atoms with Crippen molar-refractivity contribution in [2.24, 2.45) is 0 Å². The second kappa shape index (κ2) is 3.11. The SMILES string of the molecule is O=C1NCSc2ccc(Br)cc21. The topological polar surface area (TPSA) is 29.1 Å². The van der Waals surface area contributed by atoms with E-state index in [0.717, 1.165) is 14.9 Å². The number of fused-ring (bicyclic) bond motifs is 1. The monoisotopic (exact) mass is 243 g/mol. The maximum absolute atomic E-state index is 11.3. The van der Waals surface area contributed by atoms with Gasteiger partial charge in [0.2, 0.25) is 0 Å². The number of thioether (sulfide) groups is 1. The van der Waals surface area contributed by atoms with Gasteiger partial charge in [0, 0.05) is 9.37 Å². The predicted molar refractivity (Wildman–Crippen MR) is 52.3 cm³/mol. The number of benzene rings is 1. The fraction of sp³-hybridized carbons (Fsp3) is 0.125. The van der Waals surface area contributed by atoms with E-state index in [-0.39, 0.29) is 5.91 Å². The van der Waals surface area contributed by atoms with Crippen molar-refractivity contribution in [3.05, 3.63) is 28.2 Å². The van der Waals surface area contributed by atoms with Gasteiger partial charge in [-0.2, -0.15) is 0 Å². The number of hydrogen-bond acceptors (Lipinski definition) is 2. The number of carbonyl (C=O) groups excluding carboxylic acids is 1. The van der Waals surface area contributed by atoms with Crippen LogP contribution in [-0.2, 0) is 0 Å². The van der Waals surface area contributed by atoms with Gasteiger partial charge in [0.1, 0.15) is 0 Å². The summed E-state index contributed by atoms with van der Waals surface area (Å²) in [4.78, 5) is 12.3. The Morgan fingerprint density at radius 2 is 2.33 bits per heavy atom. The number of amides is 1. The van der Waals surface area contributed by atoms with Crippen LogP contribution in [0.5, 0.6) is 0 Å². The molecule has 0 radical (unpaired) electrons. The van der Waals surface area contributed by atoms with E-state index in [1.54, 1.807) is 11.8 Å². The van der Waals surface area contributed by atoms with Gasteiger partial charge >= 0.3 is 0 Å². The highest BCUT2D eigenvalue weighted by atomic mass is 79.9. The first kappa shape index (κ1) is 8.13. The fourth-order valence-corrected chi connectivity index (χ4v) is 2.27. The van der Waals surface area contributed by atoms with E-state index < -0.39 is 0 Å². The van der Waals surface area contributed by atoms with E-state index in [2.05, 4.69) is 21.2 Å². The van der Waals surface area contributed by atoms with Gasteiger partial charge in [0.05, 0.1) is 11.4 Å². The van der Waals surface area contributed by atoms with Gasteiger partial charge in [-0.1, -0.05) is 15.9 Å². The van der Waals surface area contributed by atoms with Crippen LogP contribution in [0.2, 0.25) is 0 Å². The van der Waals surface area contributed by atoms with Crippen LogP contribution in [-0.4, -0.2) is 11.8 Å². The largest absolute Gasteiger partial charge is 0.343 e. The van der Waals surface area contributed by atoms with Crippen LogP contribution in [0.25, 0.3) is 0 Å².